The number of Topliss-reactive ketones (excluding diaryl/α,β-unsaturated/α-hetero) is 1. The van der Waals surface area contributed by atoms with E-state index in [0.717, 1.165) is 5.56 Å². The number of hydrogen-bond donors (Lipinski definition) is 0. The average molecular weight is 1070 g/mol. The third-order valence-electron chi connectivity index (χ3n) is 10.3. The lowest BCUT2D eigenvalue weighted by Gasteiger charge is -2.46. The summed E-state index contributed by atoms with van der Waals surface area (Å²) in [7, 11) is -1.84. The summed E-state index contributed by atoms with van der Waals surface area (Å²) >= 11 is 0. The first kappa shape index (κ1) is 57.9. The summed E-state index contributed by atoms with van der Waals surface area (Å²) in [6, 6.07) is -1.47. The first-order valence-corrected chi connectivity index (χ1v) is 21.6. The molecule has 0 aliphatic rings. The Labute approximate surface area is 385 Å². The van der Waals surface area contributed by atoms with Crippen LogP contribution in [0.1, 0.15) is 67.4 Å². The van der Waals surface area contributed by atoms with Crippen LogP contribution in [0.15, 0.2) is 97.1 Å². The molecule has 71 heavy (non-hydrogen) atoms. The van der Waals surface area contributed by atoms with Crippen molar-refractivity contribution in [1.29, 1.82) is 0 Å². The Hall–Kier alpha value is -5.70. The van der Waals surface area contributed by atoms with E-state index in [2.05, 4.69) is 0 Å². The lowest BCUT2D eigenvalue weighted by Crippen LogP contribution is -2.75. The van der Waals surface area contributed by atoms with Gasteiger partial charge >= 0.3 is 49.4 Å². The summed E-state index contributed by atoms with van der Waals surface area (Å²) in [5.41, 5.74) is -28.6. The summed E-state index contributed by atoms with van der Waals surface area (Å²) in [6.07, 6.45) is -51.4. The van der Waals surface area contributed by atoms with Crippen molar-refractivity contribution in [2.24, 2.45) is 0 Å². The van der Waals surface area contributed by atoms with Crippen LogP contribution in [0.4, 0.5) is 105 Å². The quantitative estimate of drug-likeness (QED) is 0.0704. The molecule has 0 unspecified atom stereocenters. The highest BCUT2D eigenvalue weighted by molar-refractivity contribution is 8.00. The van der Waals surface area contributed by atoms with Gasteiger partial charge < -0.3 is 0 Å². The molecule has 2 nitrogen and oxygen atoms in total. The van der Waals surface area contributed by atoms with Crippen LogP contribution in [-0.2, 0) is 69.3 Å². The Balaban J connectivity index is 0.000000671. The van der Waals surface area contributed by atoms with Crippen molar-refractivity contribution in [3.8, 4) is 0 Å². The zero-order chi connectivity index (χ0) is 54.7. The smallest absolute Gasteiger partial charge is 0.294 e. The van der Waals surface area contributed by atoms with Crippen molar-refractivity contribution >= 4 is 43.7 Å². The monoisotopic (exact) mass is 1070 g/mol. The molecule has 5 rings (SSSR count). The van der Waals surface area contributed by atoms with Gasteiger partial charge in [0, 0.05) is 11.1 Å². The predicted octanol–water partition coefficient (Wildman–Crippen LogP) is 13.4. The number of benzene rings is 5. The summed E-state index contributed by atoms with van der Waals surface area (Å²) in [4.78, 5) is 11.3. The molecule has 0 amide bonds. The van der Waals surface area contributed by atoms with Crippen LogP contribution in [0.2, 0.25) is 0 Å². The second-order valence-electron chi connectivity index (χ2n) is 16.0. The summed E-state index contributed by atoms with van der Waals surface area (Å²) in [5.74, 6) is 0.507. The number of rotatable bonds is 7. The fraction of sp³-hybridized carbons (Fsp3) is 0.279. The second kappa shape index (κ2) is 19.1. The Morgan fingerprint density at radius 1 is 0.380 bits per heavy atom. The zero-order valence-corrected chi connectivity index (χ0v) is 36.1. The molecule has 5 aromatic rings. The highest BCUT2D eigenvalue weighted by Crippen LogP contribution is 2.41. The van der Waals surface area contributed by atoms with Gasteiger partial charge in [-0.05, 0) is 31.2 Å². The molecule has 0 fully saturated rings. The first-order valence-electron chi connectivity index (χ1n) is 19.0. The molecule has 388 valence electrons. The third kappa shape index (κ3) is 13.8. The summed E-state index contributed by atoms with van der Waals surface area (Å²) in [5, 5.41) is 0. The highest BCUT2D eigenvalue weighted by Gasteiger charge is 2.47. The zero-order valence-electron chi connectivity index (χ0n) is 35.3. The molecule has 0 heterocycles. The molecule has 0 spiro atoms. The van der Waals surface area contributed by atoms with Crippen LogP contribution in [0.3, 0.4) is 0 Å². The van der Waals surface area contributed by atoms with E-state index in [0.29, 0.717) is 11.3 Å². The Kier molecular flexibility index (Phi) is 15.5. The van der Waals surface area contributed by atoms with E-state index in [4.69, 9.17) is 0 Å². The lowest BCUT2D eigenvalue weighted by molar-refractivity contribution is -0.144. The standard InChI is InChI=1S/C32H12BF24.C11H15O2S/c34-25(35,36)13-1-14(26(37,38)39)6-21(5-13)33(22-7-15(27(40,41)42)2-16(8-22)28(43,44)45,23-9-17(29(46,47)48)3-18(10-23)30(49,50)51)24-11-19(31(52,53)54)4-20(12-24)32(55,56)57;1-9(12)11-7-5-4-6-10(11)8-14(2,3)13/h1-12H;4-7H,8H2,1-3H3/q-1;+1. The molecule has 0 saturated carbocycles. The number of carbonyl (C=O) groups excluding carboxylic acids is 1. The SMILES string of the molecule is CC(=O)c1ccccc1C[S+](C)(C)=O.FC(F)(F)c1cc([B-](c2cc(C(F)(F)F)cc(C(F)(F)F)c2)(c2cc(C(F)(F)F)cc(C(F)(F)F)c2)c2cc(C(F)(F)F)cc(C(F)(F)F)c2)cc(C(F)(F)F)c1. The fourth-order valence-electron chi connectivity index (χ4n) is 7.43. The molecule has 28 heteroatoms. The second-order valence-corrected chi connectivity index (χ2v) is 19.2. The van der Waals surface area contributed by atoms with Crippen LogP contribution in [0, 0.1) is 0 Å². The molecular weight excluding hydrogens is 1050 g/mol. The van der Waals surface area contributed by atoms with E-state index in [1.807, 2.05) is 18.2 Å². The predicted molar refractivity (Wildman–Crippen MR) is 210 cm³/mol. The van der Waals surface area contributed by atoms with Crippen molar-refractivity contribution in [2.75, 3.05) is 12.5 Å². The minimum absolute atomic E-state index is 0.0317. The Morgan fingerprint density at radius 2 is 0.577 bits per heavy atom. The van der Waals surface area contributed by atoms with E-state index in [1.54, 1.807) is 18.6 Å². The van der Waals surface area contributed by atoms with Gasteiger partial charge in [-0.3, -0.25) is 4.79 Å². The molecule has 0 aliphatic heterocycles. The van der Waals surface area contributed by atoms with Gasteiger partial charge in [-0.25, -0.2) is 0 Å². The molecule has 0 radical (unpaired) electrons. The van der Waals surface area contributed by atoms with Crippen LogP contribution in [0.5, 0.6) is 0 Å². The maximum atomic E-state index is 14.2. The first-order chi connectivity index (χ1) is 31.7. The number of carbonyl (C=O) groups is 1. The molecule has 0 N–H and O–H groups in total. The largest absolute Gasteiger partial charge is 0.416 e. The van der Waals surface area contributed by atoms with Crippen LogP contribution in [-0.4, -0.2) is 24.4 Å². The number of halogens is 24. The van der Waals surface area contributed by atoms with Gasteiger partial charge in [-0.15, -0.1) is 4.21 Å². The van der Waals surface area contributed by atoms with Crippen LogP contribution < -0.4 is 21.9 Å². The van der Waals surface area contributed by atoms with Crippen molar-refractivity contribution < 1.29 is 114 Å². The van der Waals surface area contributed by atoms with Gasteiger partial charge in [0.1, 0.15) is 24.4 Å². The summed E-state index contributed by atoms with van der Waals surface area (Å²) in [6.45, 7) is 1.53. The van der Waals surface area contributed by atoms with E-state index in [9.17, 15) is 114 Å². The maximum Gasteiger partial charge on any atom is 0.416 e. The molecular formula is C43H27BF24O2S. The van der Waals surface area contributed by atoms with E-state index >= 15 is 0 Å². The molecule has 0 saturated heterocycles. The van der Waals surface area contributed by atoms with Crippen LogP contribution >= 0.6 is 0 Å². The summed E-state index contributed by atoms with van der Waals surface area (Å²) < 4.78 is 352. The third-order valence-corrected chi connectivity index (χ3v) is 11.3. The number of hydrogen-bond acceptors (Lipinski definition) is 2. The molecule has 5 aromatic carbocycles. The minimum atomic E-state index is -6.13. The van der Waals surface area contributed by atoms with E-state index in [-0.39, 0.29) is 5.78 Å². The van der Waals surface area contributed by atoms with Gasteiger partial charge in [-0.1, -0.05) is 72.8 Å². The Morgan fingerprint density at radius 3 is 0.746 bits per heavy atom. The molecule has 0 bridgehead atoms. The highest BCUT2D eigenvalue weighted by atomic mass is 32.2. The fourth-order valence-corrected chi connectivity index (χ4v) is 8.44. The molecule has 0 atom stereocenters. The normalized spacial score (nSPS) is 13.7. The van der Waals surface area contributed by atoms with Crippen molar-refractivity contribution in [2.45, 2.75) is 62.1 Å². The van der Waals surface area contributed by atoms with Gasteiger partial charge in [0.05, 0.1) is 54.4 Å². The van der Waals surface area contributed by atoms with Crippen molar-refractivity contribution in [1.82, 2.24) is 0 Å². The van der Waals surface area contributed by atoms with Gasteiger partial charge in [0.2, 0.25) is 0 Å². The average Bonchev–Trinajstić information content (AvgIpc) is 3.18. The van der Waals surface area contributed by atoms with Gasteiger partial charge in [0.15, 0.2) is 5.78 Å². The maximum absolute atomic E-state index is 14.2. The lowest BCUT2D eigenvalue weighted by atomic mass is 9.12. The topological polar surface area (TPSA) is 34.1 Å². The molecule has 0 aliphatic carbocycles. The van der Waals surface area contributed by atoms with Gasteiger partial charge in [0.25, 0.3) is 0 Å². The van der Waals surface area contributed by atoms with E-state index < -0.39 is 205 Å². The van der Waals surface area contributed by atoms with Crippen molar-refractivity contribution in [3.63, 3.8) is 0 Å². The minimum Gasteiger partial charge on any atom is -0.294 e. The number of alkyl halides is 24. The van der Waals surface area contributed by atoms with Crippen LogP contribution in [0.25, 0.3) is 0 Å². The van der Waals surface area contributed by atoms with E-state index in [1.165, 1.54) is 6.92 Å². The number of ketones is 1. The van der Waals surface area contributed by atoms with Gasteiger partial charge in [-0.2, -0.15) is 127 Å². The molecule has 0 aromatic heterocycles. The van der Waals surface area contributed by atoms with Crippen molar-refractivity contribution in [3.05, 3.63) is 153 Å². The Bertz CT molecular complexity index is 2380.